The van der Waals surface area contributed by atoms with Gasteiger partial charge in [0.25, 0.3) is 0 Å². The molecule has 0 radical (unpaired) electrons. The molecule has 0 heterocycles. The fourth-order valence-electron chi connectivity index (χ4n) is 1.48. The van der Waals surface area contributed by atoms with Crippen molar-refractivity contribution in [3.8, 4) is 0 Å². The van der Waals surface area contributed by atoms with Crippen molar-refractivity contribution >= 4 is 23.5 Å². The van der Waals surface area contributed by atoms with E-state index in [1.807, 2.05) is 0 Å². The number of ketones is 1. The average molecular weight is 359 g/mol. The fourth-order valence-corrected chi connectivity index (χ4v) is 1.48. The molecule has 146 valence electrons. The van der Waals surface area contributed by atoms with Gasteiger partial charge in [0.15, 0.2) is 5.78 Å². The van der Waals surface area contributed by atoms with E-state index in [1.165, 1.54) is 23.8 Å². The van der Waals surface area contributed by atoms with E-state index in [0.717, 1.165) is 5.92 Å². The van der Waals surface area contributed by atoms with Crippen molar-refractivity contribution in [1.29, 1.82) is 0 Å². The molecule has 2 N–H and O–H groups in total. The Balaban J connectivity index is 0. The van der Waals surface area contributed by atoms with Gasteiger partial charge in [-0.05, 0) is 12.3 Å². The molecule has 0 fully saturated rings. The molecule has 0 rings (SSSR count). The van der Waals surface area contributed by atoms with E-state index in [4.69, 9.17) is 5.11 Å². The van der Waals surface area contributed by atoms with Gasteiger partial charge >= 0.3 is 0 Å². The SMILES string of the molecule is CC(=O)N(C)CC(=O)N[C@@H](CCC(=O)N(C)C)C(=O)CO.CC(C)C. The Morgan fingerprint density at radius 1 is 1.04 bits per heavy atom. The number of Topliss-reactive ketones (excluding diaryl/α,β-unsaturated/α-hetero) is 1. The van der Waals surface area contributed by atoms with Gasteiger partial charge in [-0.1, -0.05) is 20.8 Å². The molecule has 0 unspecified atom stereocenters. The topological polar surface area (TPSA) is 107 Å². The first-order chi connectivity index (χ1) is 11.4. The van der Waals surface area contributed by atoms with Crippen molar-refractivity contribution in [3.05, 3.63) is 0 Å². The molecule has 25 heavy (non-hydrogen) atoms. The molecule has 0 saturated heterocycles. The predicted octanol–water partition coefficient (Wildman–Crippen LogP) is 0.0416. The second-order valence-corrected chi connectivity index (χ2v) is 6.68. The first kappa shape index (κ1) is 25.3. The third-order valence-corrected chi connectivity index (χ3v) is 2.94. The van der Waals surface area contributed by atoms with Gasteiger partial charge in [0.1, 0.15) is 6.61 Å². The van der Waals surface area contributed by atoms with E-state index in [9.17, 15) is 19.2 Å². The molecule has 0 bridgehead atoms. The number of carbonyl (C=O) groups is 4. The van der Waals surface area contributed by atoms with Crippen molar-refractivity contribution in [2.75, 3.05) is 34.3 Å². The minimum atomic E-state index is -0.938. The van der Waals surface area contributed by atoms with Crippen LogP contribution in [0.1, 0.15) is 40.5 Å². The summed E-state index contributed by atoms with van der Waals surface area (Å²) in [6.07, 6.45) is 0.179. The lowest BCUT2D eigenvalue weighted by molar-refractivity contribution is -0.135. The summed E-state index contributed by atoms with van der Waals surface area (Å²) < 4.78 is 0. The minimum Gasteiger partial charge on any atom is -0.389 e. The lowest BCUT2D eigenvalue weighted by atomic mass is 10.1. The first-order valence-corrected chi connectivity index (χ1v) is 8.27. The third kappa shape index (κ3) is 14.1. The van der Waals surface area contributed by atoms with Gasteiger partial charge in [-0.3, -0.25) is 19.2 Å². The van der Waals surface area contributed by atoms with Gasteiger partial charge in [-0.25, -0.2) is 0 Å². The summed E-state index contributed by atoms with van der Waals surface area (Å²) in [5, 5.41) is 11.3. The average Bonchev–Trinajstić information content (AvgIpc) is 2.49. The lowest BCUT2D eigenvalue weighted by Crippen LogP contribution is -2.46. The normalized spacial score (nSPS) is 11.1. The highest BCUT2D eigenvalue weighted by atomic mass is 16.3. The van der Waals surface area contributed by atoms with Gasteiger partial charge < -0.3 is 20.2 Å². The van der Waals surface area contributed by atoms with E-state index in [0.29, 0.717) is 0 Å². The maximum absolute atomic E-state index is 11.7. The second kappa shape index (κ2) is 13.3. The molecular weight excluding hydrogens is 326 g/mol. The van der Waals surface area contributed by atoms with E-state index < -0.39 is 24.3 Å². The Kier molecular flexibility index (Phi) is 13.5. The molecule has 0 aromatic heterocycles. The van der Waals surface area contributed by atoms with E-state index in [1.54, 1.807) is 14.1 Å². The summed E-state index contributed by atoms with van der Waals surface area (Å²) >= 11 is 0. The largest absolute Gasteiger partial charge is 0.389 e. The van der Waals surface area contributed by atoms with Crippen LogP contribution in [0.2, 0.25) is 0 Å². The zero-order valence-corrected chi connectivity index (χ0v) is 16.5. The highest BCUT2D eigenvalue weighted by Gasteiger charge is 2.22. The molecule has 8 heteroatoms. The van der Waals surface area contributed by atoms with Crippen molar-refractivity contribution in [3.63, 3.8) is 0 Å². The minimum absolute atomic E-state index is 0.0756. The molecule has 1 atom stereocenters. The zero-order chi connectivity index (χ0) is 20.2. The number of nitrogens with one attached hydrogen (secondary N) is 1. The predicted molar refractivity (Wildman–Crippen MR) is 95.8 cm³/mol. The standard InChI is InChI=1S/C13H23N3O5.C4H10/c1-9(18)16(4)7-12(20)14-10(11(19)8-17)5-6-13(21)15(2)3;1-4(2)3/h10,17H,5-8H2,1-4H3,(H,14,20);4H,1-3H3/t10-;/m0./s1. The number of likely N-dealkylation sites (N-methyl/N-ethyl adjacent to an activating group) is 1. The molecular formula is C17H33N3O5. The Morgan fingerprint density at radius 3 is 1.88 bits per heavy atom. The van der Waals surface area contributed by atoms with Gasteiger partial charge in [-0.2, -0.15) is 0 Å². The van der Waals surface area contributed by atoms with Crippen LogP contribution in [0, 0.1) is 5.92 Å². The molecule has 0 aliphatic rings. The van der Waals surface area contributed by atoms with Crippen molar-refractivity contribution in [2.45, 2.75) is 46.6 Å². The van der Waals surface area contributed by atoms with Crippen molar-refractivity contribution < 1.29 is 24.3 Å². The van der Waals surface area contributed by atoms with E-state index in [-0.39, 0.29) is 31.2 Å². The Bertz CT molecular complexity index is 447. The van der Waals surface area contributed by atoms with Crippen LogP contribution in [-0.2, 0) is 19.2 Å². The van der Waals surface area contributed by atoms with E-state index >= 15 is 0 Å². The second-order valence-electron chi connectivity index (χ2n) is 6.68. The van der Waals surface area contributed by atoms with Crippen LogP contribution in [0.15, 0.2) is 0 Å². The Hall–Kier alpha value is -1.96. The fraction of sp³-hybridized carbons (Fsp3) is 0.765. The third-order valence-electron chi connectivity index (χ3n) is 2.94. The van der Waals surface area contributed by atoms with Crippen LogP contribution in [0.5, 0.6) is 0 Å². The van der Waals surface area contributed by atoms with Crippen LogP contribution < -0.4 is 5.32 Å². The zero-order valence-electron chi connectivity index (χ0n) is 16.5. The summed E-state index contributed by atoms with van der Waals surface area (Å²) in [6, 6.07) is -0.938. The monoisotopic (exact) mass is 359 g/mol. The first-order valence-electron chi connectivity index (χ1n) is 8.27. The van der Waals surface area contributed by atoms with Crippen LogP contribution in [0.4, 0.5) is 0 Å². The highest BCUT2D eigenvalue weighted by Crippen LogP contribution is 2.02. The van der Waals surface area contributed by atoms with Crippen LogP contribution >= 0.6 is 0 Å². The van der Waals surface area contributed by atoms with Crippen LogP contribution in [0.25, 0.3) is 0 Å². The van der Waals surface area contributed by atoms with Gasteiger partial charge in [0.05, 0.1) is 12.6 Å². The summed E-state index contributed by atoms with van der Waals surface area (Å²) in [6.45, 7) is 6.91. The quantitative estimate of drug-likeness (QED) is 0.636. The van der Waals surface area contributed by atoms with Crippen molar-refractivity contribution in [1.82, 2.24) is 15.1 Å². The van der Waals surface area contributed by atoms with E-state index in [2.05, 4.69) is 26.1 Å². The van der Waals surface area contributed by atoms with Gasteiger partial charge in [0, 0.05) is 34.5 Å². The summed E-state index contributed by atoms with van der Waals surface area (Å²) in [5.74, 6) is -0.712. The maximum Gasteiger partial charge on any atom is 0.240 e. The number of carbonyl (C=O) groups excluding carboxylic acids is 4. The lowest BCUT2D eigenvalue weighted by Gasteiger charge is -2.20. The number of aliphatic hydroxyl groups excluding tert-OH is 1. The highest BCUT2D eigenvalue weighted by molar-refractivity contribution is 5.91. The summed E-state index contributed by atoms with van der Waals surface area (Å²) in [4.78, 5) is 48.4. The van der Waals surface area contributed by atoms with Gasteiger partial charge in [-0.15, -0.1) is 0 Å². The summed E-state index contributed by atoms with van der Waals surface area (Å²) in [7, 11) is 4.64. The molecule has 3 amide bonds. The number of rotatable bonds is 8. The molecule has 0 aliphatic heterocycles. The molecule has 0 spiro atoms. The molecule has 0 saturated carbocycles. The number of hydrogen-bond acceptors (Lipinski definition) is 5. The Labute approximate surface area is 150 Å². The number of aliphatic hydroxyl groups is 1. The van der Waals surface area contributed by atoms with Crippen LogP contribution in [0.3, 0.4) is 0 Å². The summed E-state index contributed by atoms with van der Waals surface area (Å²) in [5.41, 5.74) is 0. The molecule has 8 nitrogen and oxygen atoms in total. The number of hydrogen-bond donors (Lipinski definition) is 2. The molecule has 0 aromatic carbocycles. The number of nitrogens with zero attached hydrogens (tertiary/aromatic N) is 2. The molecule has 0 aromatic rings. The number of amides is 3. The Morgan fingerprint density at radius 2 is 1.52 bits per heavy atom. The smallest absolute Gasteiger partial charge is 0.240 e. The maximum atomic E-state index is 11.7. The van der Waals surface area contributed by atoms with Crippen LogP contribution in [-0.4, -0.2) is 78.7 Å². The van der Waals surface area contributed by atoms with Gasteiger partial charge in [0.2, 0.25) is 17.7 Å². The van der Waals surface area contributed by atoms with Crippen molar-refractivity contribution in [2.24, 2.45) is 5.92 Å². The molecule has 0 aliphatic carbocycles.